The van der Waals surface area contributed by atoms with Gasteiger partial charge in [-0.15, -0.1) is 11.3 Å². The van der Waals surface area contributed by atoms with Gasteiger partial charge in [-0.1, -0.05) is 15.9 Å². The molecule has 3 nitrogen and oxygen atoms in total. The molecule has 2 rings (SSSR count). The van der Waals surface area contributed by atoms with Crippen LogP contribution >= 0.6 is 27.3 Å². The maximum atomic E-state index is 10.8. The van der Waals surface area contributed by atoms with Crippen LogP contribution in [0.5, 0.6) is 0 Å². The van der Waals surface area contributed by atoms with Crippen LogP contribution in [0.4, 0.5) is 5.69 Å². The van der Waals surface area contributed by atoms with Crippen LogP contribution in [0.2, 0.25) is 0 Å². The summed E-state index contributed by atoms with van der Waals surface area (Å²) in [5.41, 5.74) is 2.19. The molecular formula is C13H12BrNO2S. The normalized spacial score (nSPS) is 10.3. The Labute approximate surface area is 118 Å². The number of hydrogen-bond donors (Lipinski definition) is 2. The molecule has 0 aliphatic heterocycles. The zero-order valence-corrected chi connectivity index (χ0v) is 12.1. The fraction of sp³-hybridized carbons (Fsp3) is 0.154. The van der Waals surface area contributed by atoms with Crippen LogP contribution in [-0.4, -0.2) is 11.1 Å². The highest BCUT2D eigenvalue weighted by Gasteiger charge is 2.06. The largest absolute Gasteiger partial charge is 0.477 e. The Hall–Kier alpha value is -1.33. The second-order valence-electron chi connectivity index (χ2n) is 3.94. The molecule has 0 aliphatic rings. The van der Waals surface area contributed by atoms with Crippen LogP contribution in [0.15, 0.2) is 34.8 Å². The van der Waals surface area contributed by atoms with Crippen molar-refractivity contribution in [3.05, 3.63) is 50.1 Å². The Bertz CT molecular complexity index is 560. The number of aryl methyl sites for hydroxylation is 1. The third-order valence-electron chi connectivity index (χ3n) is 2.38. The van der Waals surface area contributed by atoms with Crippen molar-refractivity contribution in [3.63, 3.8) is 0 Å². The van der Waals surface area contributed by atoms with E-state index >= 15 is 0 Å². The maximum Gasteiger partial charge on any atom is 0.345 e. The third-order valence-corrected chi connectivity index (χ3v) is 3.91. The lowest BCUT2D eigenvalue weighted by Crippen LogP contribution is -1.97. The second-order valence-corrected chi connectivity index (χ2v) is 6.03. The van der Waals surface area contributed by atoms with Gasteiger partial charge in [0, 0.05) is 21.6 Å². The Morgan fingerprint density at radius 1 is 1.39 bits per heavy atom. The summed E-state index contributed by atoms with van der Waals surface area (Å²) in [6, 6.07) is 9.57. The van der Waals surface area contributed by atoms with Crippen molar-refractivity contribution in [2.24, 2.45) is 0 Å². The molecule has 0 amide bonds. The average Bonchev–Trinajstić information content (AvgIpc) is 2.73. The smallest absolute Gasteiger partial charge is 0.345 e. The van der Waals surface area contributed by atoms with Gasteiger partial charge in [-0.05, 0) is 42.8 Å². The molecule has 0 spiro atoms. The summed E-state index contributed by atoms with van der Waals surface area (Å²) >= 11 is 4.74. The zero-order valence-electron chi connectivity index (χ0n) is 9.74. The molecule has 18 heavy (non-hydrogen) atoms. The molecule has 0 aliphatic carbocycles. The van der Waals surface area contributed by atoms with Gasteiger partial charge in [0.25, 0.3) is 0 Å². The van der Waals surface area contributed by atoms with Gasteiger partial charge in [-0.2, -0.15) is 0 Å². The molecule has 2 N–H and O–H groups in total. The topological polar surface area (TPSA) is 49.3 Å². The van der Waals surface area contributed by atoms with E-state index in [1.165, 1.54) is 16.9 Å². The summed E-state index contributed by atoms with van der Waals surface area (Å²) in [6.45, 7) is 2.66. The minimum atomic E-state index is -0.871. The van der Waals surface area contributed by atoms with Gasteiger partial charge >= 0.3 is 5.97 Å². The summed E-state index contributed by atoms with van der Waals surface area (Å²) in [5, 5.41) is 12.1. The molecular weight excluding hydrogens is 314 g/mol. The number of anilines is 1. The van der Waals surface area contributed by atoms with Gasteiger partial charge in [0.15, 0.2) is 0 Å². The van der Waals surface area contributed by atoms with Crippen molar-refractivity contribution in [2.45, 2.75) is 13.5 Å². The molecule has 0 atom stereocenters. The number of nitrogens with one attached hydrogen (secondary N) is 1. The molecule has 0 unspecified atom stereocenters. The van der Waals surface area contributed by atoms with Crippen molar-refractivity contribution in [2.75, 3.05) is 5.32 Å². The molecule has 0 radical (unpaired) electrons. The van der Waals surface area contributed by atoms with Crippen LogP contribution in [0.25, 0.3) is 0 Å². The first-order valence-electron chi connectivity index (χ1n) is 5.37. The minimum absolute atomic E-state index is 0.372. The number of carboxylic acids is 1. The summed E-state index contributed by atoms with van der Waals surface area (Å²) in [4.78, 5) is 12.1. The first-order valence-corrected chi connectivity index (χ1v) is 6.98. The number of carbonyl (C=O) groups is 1. The van der Waals surface area contributed by atoms with Crippen LogP contribution < -0.4 is 5.32 Å². The van der Waals surface area contributed by atoms with Gasteiger partial charge in [-0.25, -0.2) is 4.79 Å². The highest BCUT2D eigenvalue weighted by atomic mass is 79.9. The maximum absolute atomic E-state index is 10.8. The predicted octanol–water partition coefficient (Wildman–Crippen LogP) is 4.13. The predicted molar refractivity (Wildman–Crippen MR) is 77.5 cm³/mol. The Balaban J connectivity index is 2.04. The van der Waals surface area contributed by atoms with E-state index < -0.39 is 5.97 Å². The lowest BCUT2D eigenvalue weighted by Gasteiger charge is -2.06. The van der Waals surface area contributed by atoms with Gasteiger partial charge in [0.2, 0.25) is 0 Å². The number of benzene rings is 1. The Kier molecular flexibility index (Phi) is 4.04. The summed E-state index contributed by atoms with van der Waals surface area (Å²) in [5.74, 6) is -0.871. The van der Waals surface area contributed by atoms with Crippen LogP contribution in [0.3, 0.4) is 0 Å². The quantitative estimate of drug-likeness (QED) is 0.888. The Morgan fingerprint density at radius 2 is 2.17 bits per heavy atom. The molecule has 5 heteroatoms. The monoisotopic (exact) mass is 325 g/mol. The minimum Gasteiger partial charge on any atom is -0.477 e. The summed E-state index contributed by atoms with van der Waals surface area (Å²) in [6.07, 6.45) is 0. The molecule has 1 heterocycles. The van der Waals surface area contributed by atoms with Crippen molar-refractivity contribution in [1.82, 2.24) is 0 Å². The van der Waals surface area contributed by atoms with E-state index in [-0.39, 0.29) is 0 Å². The molecule has 0 saturated carbocycles. The number of aromatic carboxylic acids is 1. The van der Waals surface area contributed by atoms with E-state index in [0.717, 1.165) is 15.0 Å². The number of halogens is 1. The molecule has 1 aromatic carbocycles. The SMILES string of the molecule is Cc1cc(Br)cc(NCc2ccc(C(=O)O)s2)c1. The zero-order chi connectivity index (χ0) is 13.1. The average molecular weight is 326 g/mol. The number of thiophene rings is 1. The van der Waals surface area contributed by atoms with Crippen molar-refractivity contribution >= 4 is 38.9 Å². The highest BCUT2D eigenvalue weighted by Crippen LogP contribution is 2.21. The van der Waals surface area contributed by atoms with Gasteiger partial charge in [0.05, 0.1) is 0 Å². The second kappa shape index (κ2) is 5.54. The van der Waals surface area contributed by atoms with Gasteiger partial charge in [0.1, 0.15) is 4.88 Å². The number of rotatable bonds is 4. The van der Waals surface area contributed by atoms with E-state index in [9.17, 15) is 4.79 Å². The third kappa shape index (κ3) is 3.34. The molecule has 0 fully saturated rings. The fourth-order valence-corrected chi connectivity index (χ4v) is 3.01. The van der Waals surface area contributed by atoms with Gasteiger partial charge < -0.3 is 10.4 Å². The molecule has 94 valence electrons. The van der Waals surface area contributed by atoms with E-state index in [0.29, 0.717) is 11.4 Å². The van der Waals surface area contributed by atoms with Gasteiger partial charge in [-0.3, -0.25) is 0 Å². The van der Waals surface area contributed by atoms with Crippen LogP contribution in [0.1, 0.15) is 20.1 Å². The van der Waals surface area contributed by atoms with Crippen molar-refractivity contribution in [3.8, 4) is 0 Å². The molecule has 1 aromatic heterocycles. The summed E-state index contributed by atoms with van der Waals surface area (Å²) < 4.78 is 1.03. The summed E-state index contributed by atoms with van der Waals surface area (Å²) in [7, 11) is 0. The Morgan fingerprint density at radius 3 is 2.78 bits per heavy atom. The van der Waals surface area contributed by atoms with Crippen molar-refractivity contribution < 1.29 is 9.90 Å². The highest BCUT2D eigenvalue weighted by molar-refractivity contribution is 9.10. The molecule has 0 saturated heterocycles. The first-order chi connectivity index (χ1) is 8.54. The number of hydrogen-bond acceptors (Lipinski definition) is 3. The van der Waals surface area contributed by atoms with Crippen LogP contribution in [0, 0.1) is 6.92 Å². The van der Waals surface area contributed by atoms with E-state index in [2.05, 4.69) is 27.3 Å². The lowest BCUT2D eigenvalue weighted by molar-refractivity contribution is 0.0702. The lowest BCUT2D eigenvalue weighted by atomic mass is 10.2. The molecule has 2 aromatic rings. The van der Waals surface area contributed by atoms with Crippen molar-refractivity contribution in [1.29, 1.82) is 0 Å². The van der Waals surface area contributed by atoms with E-state index in [4.69, 9.17) is 5.11 Å². The van der Waals surface area contributed by atoms with Crippen LogP contribution in [-0.2, 0) is 6.54 Å². The number of carboxylic acid groups (broad SMARTS) is 1. The fourth-order valence-electron chi connectivity index (χ4n) is 1.62. The molecule has 0 bridgehead atoms. The van der Waals surface area contributed by atoms with E-state index in [1.54, 1.807) is 6.07 Å². The standard InChI is InChI=1S/C13H12BrNO2S/c1-8-4-9(14)6-10(5-8)15-7-11-2-3-12(18-11)13(16)17/h2-6,15H,7H2,1H3,(H,16,17). The van der Waals surface area contributed by atoms with E-state index in [1.807, 2.05) is 25.1 Å². The first kappa shape index (κ1) is 13.1.